The molecule has 2 N–H and O–H groups in total. The summed E-state index contributed by atoms with van der Waals surface area (Å²) in [5.41, 5.74) is 5.99. The van der Waals surface area contributed by atoms with Gasteiger partial charge in [-0.3, -0.25) is 4.40 Å². The normalized spacial score (nSPS) is 10.8. The topological polar surface area (TPSA) is 78.3 Å². The van der Waals surface area contributed by atoms with Crippen molar-refractivity contribution in [1.29, 1.82) is 0 Å². The van der Waals surface area contributed by atoms with Gasteiger partial charge in [0, 0.05) is 0 Å². The van der Waals surface area contributed by atoms with E-state index in [4.69, 9.17) is 22.1 Å². The van der Waals surface area contributed by atoms with E-state index >= 15 is 0 Å². The average Bonchev–Trinajstić information content (AvgIpc) is 2.59. The number of nitrogens with zero attached hydrogens (tertiary/aromatic N) is 4. The number of methoxy groups -OCH3 is 1. The zero-order valence-corrected chi connectivity index (χ0v) is 8.19. The van der Waals surface area contributed by atoms with Crippen LogP contribution in [-0.2, 0) is 6.54 Å². The second kappa shape index (κ2) is 3.39. The first-order valence-electron chi connectivity index (χ1n) is 3.90. The lowest BCUT2D eigenvalue weighted by molar-refractivity contribution is 0.400. The molecule has 6 nitrogen and oxygen atoms in total. The van der Waals surface area contributed by atoms with Crippen LogP contribution in [-0.4, -0.2) is 26.7 Å². The molecule has 0 aliphatic carbocycles. The molecule has 2 aromatic heterocycles. The van der Waals surface area contributed by atoms with E-state index in [1.165, 1.54) is 7.11 Å². The first-order valence-corrected chi connectivity index (χ1v) is 4.28. The molecule has 0 saturated heterocycles. The van der Waals surface area contributed by atoms with Crippen molar-refractivity contribution in [2.75, 3.05) is 7.11 Å². The van der Waals surface area contributed by atoms with Crippen molar-refractivity contribution in [3.05, 3.63) is 17.2 Å². The van der Waals surface area contributed by atoms with Crippen LogP contribution < -0.4 is 10.5 Å². The Kier molecular flexibility index (Phi) is 2.22. The Labute approximate surface area is 84.7 Å². The van der Waals surface area contributed by atoms with Crippen molar-refractivity contribution in [2.45, 2.75) is 6.54 Å². The molecule has 0 saturated carbocycles. The summed E-state index contributed by atoms with van der Waals surface area (Å²) in [6, 6.07) is 0. The van der Waals surface area contributed by atoms with Crippen molar-refractivity contribution in [1.82, 2.24) is 19.6 Å². The highest BCUT2D eigenvalue weighted by molar-refractivity contribution is 6.29. The zero-order chi connectivity index (χ0) is 10.1. The molecule has 14 heavy (non-hydrogen) atoms. The molecule has 2 heterocycles. The fourth-order valence-corrected chi connectivity index (χ4v) is 1.34. The second-order valence-electron chi connectivity index (χ2n) is 2.59. The molecule has 74 valence electrons. The Morgan fingerprint density at radius 3 is 3.00 bits per heavy atom. The summed E-state index contributed by atoms with van der Waals surface area (Å²) < 4.78 is 6.67. The third-order valence-corrected chi connectivity index (χ3v) is 1.96. The largest absolute Gasteiger partial charge is 0.478 e. The predicted molar refractivity (Wildman–Crippen MR) is 50.2 cm³/mol. The fraction of sp³-hybridized carbons (Fsp3) is 0.286. The molecule has 0 aliphatic rings. The summed E-state index contributed by atoms with van der Waals surface area (Å²) in [7, 11) is 1.50. The Bertz CT molecular complexity index is 468. The summed E-state index contributed by atoms with van der Waals surface area (Å²) in [6.07, 6.45) is 1.60. The van der Waals surface area contributed by atoms with Gasteiger partial charge in [-0.2, -0.15) is 4.98 Å². The van der Waals surface area contributed by atoms with E-state index in [-0.39, 0.29) is 6.54 Å². The molecule has 2 rings (SSSR count). The highest BCUT2D eigenvalue weighted by atomic mass is 35.5. The number of rotatable bonds is 2. The molecule has 7 heteroatoms. The van der Waals surface area contributed by atoms with Crippen LogP contribution >= 0.6 is 11.6 Å². The highest BCUT2D eigenvalue weighted by Gasteiger charge is 2.11. The predicted octanol–water partition coefficient (Wildman–Crippen LogP) is 0.245. The number of fused-ring (bicyclic) bond motifs is 1. The summed E-state index contributed by atoms with van der Waals surface area (Å²) in [5, 5.41) is 8.07. The summed E-state index contributed by atoms with van der Waals surface area (Å²) >= 11 is 5.78. The van der Waals surface area contributed by atoms with Crippen molar-refractivity contribution in [3.63, 3.8) is 0 Å². The smallest absolute Gasteiger partial charge is 0.261 e. The molecule has 0 amide bonds. The van der Waals surface area contributed by atoms with Crippen LogP contribution in [0.2, 0.25) is 5.15 Å². The van der Waals surface area contributed by atoms with Crippen molar-refractivity contribution >= 4 is 17.2 Å². The Morgan fingerprint density at radius 2 is 2.36 bits per heavy atom. The minimum atomic E-state index is 0.282. The van der Waals surface area contributed by atoms with E-state index in [1.807, 2.05) is 0 Å². The maximum absolute atomic E-state index is 5.78. The Hall–Kier alpha value is -1.40. The van der Waals surface area contributed by atoms with Gasteiger partial charge < -0.3 is 10.5 Å². The van der Waals surface area contributed by atoms with Gasteiger partial charge in [0.2, 0.25) is 5.65 Å². The second-order valence-corrected chi connectivity index (χ2v) is 2.97. The lowest BCUT2D eigenvalue weighted by Crippen LogP contribution is -2.03. The molecular weight excluding hydrogens is 206 g/mol. The van der Waals surface area contributed by atoms with Crippen LogP contribution in [0.5, 0.6) is 5.88 Å². The minimum absolute atomic E-state index is 0.282. The minimum Gasteiger partial charge on any atom is -0.478 e. The van der Waals surface area contributed by atoms with Gasteiger partial charge in [0.25, 0.3) is 5.88 Å². The highest BCUT2D eigenvalue weighted by Crippen LogP contribution is 2.18. The lowest BCUT2D eigenvalue weighted by Gasteiger charge is -2.01. The Balaban J connectivity index is 2.76. The van der Waals surface area contributed by atoms with Crippen molar-refractivity contribution in [2.24, 2.45) is 5.73 Å². The number of hydrogen-bond acceptors (Lipinski definition) is 5. The molecule has 0 unspecified atom stereocenters. The molecule has 0 spiro atoms. The van der Waals surface area contributed by atoms with E-state index in [9.17, 15) is 0 Å². The van der Waals surface area contributed by atoms with Gasteiger partial charge in [-0.05, 0) is 0 Å². The number of ether oxygens (including phenoxy) is 1. The first-order chi connectivity index (χ1) is 6.76. The molecule has 0 aliphatic heterocycles. The van der Waals surface area contributed by atoms with Crippen LogP contribution in [0.1, 0.15) is 5.82 Å². The Morgan fingerprint density at radius 1 is 1.57 bits per heavy atom. The molecule has 0 aromatic carbocycles. The van der Waals surface area contributed by atoms with Crippen LogP contribution in [0.15, 0.2) is 6.20 Å². The van der Waals surface area contributed by atoms with E-state index < -0.39 is 0 Å². The summed E-state index contributed by atoms with van der Waals surface area (Å²) in [6.45, 7) is 0.282. The van der Waals surface area contributed by atoms with Gasteiger partial charge in [0.1, 0.15) is 5.15 Å². The zero-order valence-electron chi connectivity index (χ0n) is 7.44. The fourth-order valence-electron chi connectivity index (χ4n) is 1.16. The van der Waals surface area contributed by atoms with Gasteiger partial charge in [-0.15, -0.1) is 10.2 Å². The summed E-state index contributed by atoms with van der Waals surface area (Å²) in [4.78, 5) is 3.95. The van der Waals surface area contributed by atoms with Crippen molar-refractivity contribution in [3.8, 4) is 5.88 Å². The van der Waals surface area contributed by atoms with Gasteiger partial charge in [0.05, 0.1) is 19.9 Å². The lowest BCUT2D eigenvalue weighted by atomic mass is 10.5. The number of aromatic nitrogens is 4. The van der Waals surface area contributed by atoms with E-state index in [1.54, 1.807) is 10.6 Å². The van der Waals surface area contributed by atoms with Gasteiger partial charge in [0.15, 0.2) is 5.82 Å². The maximum atomic E-state index is 5.78. The van der Waals surface area contributed by atoms with E-state index in [0.29, 0.717) is 22.5 Å². The monoisotopic (exact) mass is 213 g/mol. The van der Waals surface area contributed by atoms with Crippen LogP contribution in [0.3, 0.4) is 0 Å². The molecule has 0 radical (unpaired) electrons. The third-order valence-electron chi connectivity index (χ3n) is 1.78. The molecule has 0 atom stereocenters. The molecular formula is C7H8ClN5O. The standard InChI is InChI=1S/C7H8ClN5O/c1-14-7-6-12-11-5(2-9)13(6)3-4(8)10-7/h3H,2,9H2,1H3. The first kappa shape index (κ1) is 9.17. The number of nitrogens with two attached hydrogens (primary N) is 1. The number of hydrogen-bond donors (Lipinski definition) is 1. The van der Waals surface area contributed by atoms with E-state index in [0.717, 1.165) is 0 Å². The van der Waals surface area contributed by atoms with E-state index in [2.05, 4.69) is 15.2 Å². The van der Waals surface area contributed by atoms with Gasteiger partial charge in [-0.25, -0.2) is 0 Å². The molecule has 0 bridgehead atoms. The maximum Gasteiger partial charge on any atom is 0.261 e. The average molecular weight is 214 g/mol. The summed E-state index contributed by atoms with van der Waals surface area (Å²) in [5.74, 6) is 0.951. The van der Waals surface area contributed by atoms with Crippen LogP contribution in [0.4, 0.5) is 0 Å². The molecule has 0 fully saturated rings. The molecule has 2 aromatic rings. The van der Waals surface area contributed by atoms with Crippen molar-refractivity contribution < 1.29 is 4.74 Å². The van der Waals surface area contributed by atoms with Gasteiger partial charge in [-0.1, -0.05) is 11.6 Å². The van der Waals surface area contributed by atoms with Crippen LogP contribution in [0.25, 0.3) is 5.65 Å². The SMILES string of the molecule is COc1nc(Cl)cn2c(CN)nnc12. The van der Waals surface area contributed by atoms with Gasteiger partial charge >= 0.3 is 0 Å². The quantitative estimate of drug-likeness (QED) is 0.774. The van der Waals surface area contributed by atoms with Crippen LogP contribution in [0, 0.1) is 0 Å². The number of halogens is 1. The third kappa shape index (κ3) is 1.28.